The van der Waals surface area contributed by atoms with E-state index in [1.165, 1.54) is 11.1 Å². The molecule has 0 aliphatic rings. The Morgan fingerprint density at radius 2 is 0.824 bits per heavy atom. The van der Waals surface area contributed by atoms with Crippen LogP contribution in [0, 0.1) is 0 Å². The fourth-order valence-electron chi connectivity index (χ4n) is 7.08. The highest BCUT2D eigenvalue weighted by molar-refractivity contribution is 6.10. The van der Waals surface area contributed by atoms with Crippen molar-refractivity contribution in [3.8, 4) is 22.3 Å². The molecule has 0 spiro atoms. The topological polar surface area (TPSA) is 19.6 Å². The Labute approximate surface area is 297 Å². The largest absolute Gasteiger partial charge is 0.454 e. The summed E-state index contributed by atoms with van der Waals surface area (Å²) in [6.45, 7) is 0. The summed E-state index contributed by atoms with van der Waals surface area (Å²) < 4.78 is 6.65. The van der Waals surface area contributed by atoms with Gasteiger partial charge in [-0.05, 0) is 83.4 Å². The van der Waals surface area contributed by atoms with Crippen LogP contribution in [0.2, 0.25) is 0 Å². The van der Waals surface area contributed by atoms with E-state index in [9.17, 15) is 0 Å². The molecule has 0 aliphatic carbocycles. The van der Waals surface area contributed by atoms with E-state index in [-0.39, 0.29) is 0 Å². The molecule has 0 aliphatic heterocycles. The molecule has 1 heterocycles. The average molecular weight is 655 g/mol. The molecule has 0 radical (unpaired) electrons. The van der Waals surface area contributed by atoms with Crippen LogP contribution < -0.4 is 9.80 Å². The molecule has 1 aromatic heterocycles. The number of hydrogen-bond donors (Lipinski definition) is 0. The minimum atomic E-state index is 0.855. The number of fused-ring (bicyclic) bond motifs is 3. The van der Waals surface area contributed by atoms with Gasteiger partial charge in [0.1, 0.15) is 5.58 Å². The highest BCUT2D eigenvalue weighted by atomic mass is 16.3. The molecule has 8 aromatic carbocycles. The van der Waals surface area contributed by atoms with Crippen LogP contribution >= 0.6 is 0 Å². The summed E-state index contributed by atoms with van der Waals surface area (Å²) in [5.41, 5.74) is 12.7. The molecule has 9 aromatic rings. The zero-order chi connectivity index (χ0) is 34.0. The molecule has 0 saturated heterocycles. The molecule has 0 amide bonds. The van der Waals surface area contributed by atoms with Crippen LogP contribution in [0.5, 0.6) is 0 Å². The summed E-state index contributed by atoms with van der Waals surface area (Å²) in [7, 11) is 0. The van der Waals surface area contributed by atoms with E-state index in [0.717, 1.165) is 67.2 Å². The van der Waals surface area contributed by atoms with Gasteiger partial charge in [0, 0.05) is 39.1 Å². The number of benzene rings is 8. The fourth-order valence-corrected chi connectivity index (χ4v) is 7.08. The van der Waals surface area contributed by atoms with Gasteiger partial charge in [-0.25, -0.2) is 0 Å². The summed E-state index contributed by atoms with van der Waals surface area (Å²) in [6.07, 6.45) is 0. The number of para-hydroxylation sites is 5. The van der Waals surface area contributed by atoms with Gasteiger partial charge in [-0.2, -0.15) is 0 Å². The van der Waals surface area contributed by atoms with Crippen molar-refractivity contribution in [2.75, 3.05) is 9.80 Å². The number of rotatable bonds is 8. The second kappa shape index (κ2) is 13.2. The fraction of sp³-hybridized carbons (Fsp3) is 0. The van der Waals surface area contributed by atoms with Crippen molar-refractivity contribution in [2.24, 2.45) is 0 Å². The molecule has 0 N–H and O–H groups in total. The van der Waals surface area contributed by atoms with Crippen molar-refractivity contribution in [1.29, 1.82) is 0 Å². The zero-order valence-corrected chi connectivity index (χ0v) is 27.9. The first-order valence-electron chi connectivity index (χ1n) is 17.3. The van der Waals surface area contributed by atoms with Gasteiger partial charge in [0.25, 0.3) is 0 Å². The van der Waals surface area contributed by atoms with E-state index in [0.29, 0.717) is 0 Å². The third kappa shape index (κ3) is 5.71. The molecule has 0 saturated carbocycles. The van der Waals surface area contributed by atoms with Crippen LogP contribution in [0.3, 0.4) is 0 Å². The molecular weight excluding hydrogens is 621 g/mol. The minimum absolute atomic E-state index is 0.855. The van der Waals surface area contributed by atoms with Gasteiger partial charge in [0.15, 0.2) is 5.58 Å². The predicted octanol–water partition coefficient (Wildman–Crippen LogP) is 13.9. The highest BCUT2D eigenvalue weighted by Gasteiger charge is 2.22. The molecule has 9 rings (SSSR count). The first kappa shape index (κ1) is 30.2. The van der Waals surface area contributed by atoms with E-state index < -0.39 is 0 Å². The third-order valence-corrected chi connectivity index (χ3v) is 9.45. The summed E-state index contributed by atoms with van der Waals surface area (Å²) >= 11 is 0. The Bertz CT molecular complexity index is 2540. The van der Waals surface area contributed by atoms with E-state index in [1.807, 2.05) is 12.1 Å². The van der Waals surface area contributed by atoms with E-state index in [4.69, 9.17) is 4.42 Å². The van der Waals surface area contributed by atoms with Crippen molar-refractivity contribution in [2.45, 2.75) is 0 Å². The maximum absolute atomic E-state index is 6.65. The lowest BCUT2D eigenvalue weighted by Gasteiger charge is -2.29. The smallest absolute Gasteiger partial charge is 0.159 e. The van der Waals surface area contributed by atoms with Gasteiger partial charge in [0.05, 0.1) is 11.4 Å². The van der Waals surface area contributed by atoms with Crippen LogP contribution in [0.1, 0.15) is 0 Å². The lowest BCUT2D eigenvalue weighted by Crippen LogP contribution is -2.12. The second-order valence-corrected chi connectivity index (χ2v) is 12.6. The van der Waals surface area contributed by atoms with Crippen LogP contribution in [-0.4, -0.2) is 0 Å². The number of nitrogens with zero attached hydrogens (tertiary/aromatic N) is 2. The molecular formula is C48H34N2O. The zero-order valence-electron chi connectivity index (χ0n) is 27.9. The molecule has 0 unspecified atom stereocenters. The normalized spacial score (nSPS) is 11.1. The van der Waals surface area contributed by atoms with Gasteiger partial charge in [-0.1, -0.05) is 140 Å². The summed E-state index contributed by atoms with van der Waals surface area (Å²) in [6, 6.07) is 72.7. The lowest BCUT2D eigenvalue weighted by molar-refractivity contribution is 0.669. The van der Waals surface area contributed by atoms with Crippen LogP contribution in [0.4, 0.5) is 34.1 Å². The SMILES string of the molecule is c1ccc(-c2ccc(N(c3ccccc3-c3cccc(N(c4ccccc4)c4ccccc4)c3)c3cccc4c3oc3ccccc34)cc2)cc1. The van der Waals surface area contributed by atoms with Crippen molar-refractivity contribution in [3.63, 3.8) is 0 Å². The summed E-state index contributed by atoms with van der Waals surface area (Å²) in [5.74, 6) is 0. The Morgan fingerprint density at radius 1 is 0.314 bits per heavy atom. The van der Waals surface area contributed by atoms with Crippen LogP contribution in [-0.2, 0) is 0 Å². The van der Waals surface area contributed by atoms with Gasteiger partial charge in [-0.15, -0.1) is 0 Å². The molecule has 3 heteroatoms. The molecule has 3 nitrogen and oxygen atoms in total. The first-order valence-corrected chi connectivity index (χ1v) is 17.3. The maximum atomic E-state index is 6.65. The average Bonchev–Trinajstić information content (AvgIpc) is 3.60. The number of furan rings is 1. The van der Waals surface area contributed by atoms with Gasteiger partial charge < -0.3 is 14.2 Å². The summed E-state index contributed by atoms with van der Waals surface area (Å²) in [5, 5.41) is 2.20. The highest BCUT2D eigenvalue weighted by Crippen LogP contribution is 2.46. The minimum Gasteiger partial charge on any atom is -0.454 e. The molecule has 51 heavy (non-hydrogen) atoms. The maximum Gasteiger partial charge on any atom is 0.159 e. The predicted molar refractivity (Wildman–Crippen MR) is 214 cm³/mol. The molecule has 0 fully saturated rings. The first-order chi connectivity index (χ1) is 25.3. The lowest BCUT2D eigenvalue weighted by atomic mass is 9.99. The Kier molecular flexibility index (Phi) is 7.84. The number of hydrogen-bond acceptors (Lipinski definition) is 3. The Morgan fingerprint density at radius 3 is 1.57 bits per heavy atom. The van der Waals surface area contributed by atoms with E-state index in [2.05, 4.69) is 204 Å². The van der Waals surface area contributed by atoms with Crippen LogP contribution in [0.25, 0.3) is 44.2 Å². The molecule has 0 bridgehead atoms. The van der Waals surface area contributed by atoms with Gasteiger partial charge >= 0.3 is 0 Å². The molecule has 242 valence electrons. The quantitative estimate of drug-likeness (QED) is 0.163. The molecule has 0 atom stereocenters. The van der Waals surface area contributed by atoms with Gasteiger partial charge in [0.2, 0.25) is 0 Å². The number of anilines is 6. The van der Waals surface area contributed by atoms with Crippen molar-refractivity contribution in [1.82, 2.24) is 0 Å². The Balaban J connectivity index is 1.23. The van der Waals surface area contributed by atoms with Crippen molar-refractivity contribution < 1.29 is 4.42 Å². The monoisotopic (exact) mass is 654 g/mol. The third-order valence-electron chi connectivity index (χ3n) is 9.45. The summed E-state index contributed by atoms with van der Waals surface area (Å²) in [4.78, 5) is 4.65. The van der Waals surface area contributed by atoms with E-state index >= 15 is 0 Å². The van der Waals surface area contributed by atoms with Crippen molar-refractivity contribution in [3.05, 3.63) is 206 Å². The standard InChI is InChI=1S/C48H34N2O/c1-4-16-35(17-5-1)36-30-32-40(33-31-36)50(46-28-15-26-44-43-25-11-13-29-47(43)51-48(44)46)45-27-12-10-24-42(45)37-18-14-23-41(34-37)49(38-19-6-2-7-20-38)39-21-8-3-9-22-39/h1-34H. The van der Waals surface area contributed by atoms with Crippen molar-refractivity contribution >= 4 is 56.1 Å². The van der Waals surface area contributed by atoms with Crippen LogP contribution in [0.15, 0.2) is 211 Å². The Hall–Kier alpha value is -6.84. The van der Waals surface area contributed by atoms with Gasteiger partial charge in [-0.3, -0.25) is 0 Å². The van der Waals surface area contributed by atoms with E-state index in [1.54, 1.807) is 0 Å². The second-order valence-electron chi connectivity index (χ2n) is 12.6.